The first-order valence-corrected chi connectivity index (χ1v) is 1.41. The van der Waals surface area contributed by atoms with Crippen molar-refractivity contribution >= 4 is 17.4 Å². The molecule has 0 aliphatic heterocycles. The van der Waals surface area contributed by atoms with Crippen LogP contribution in [-0.4, -0.2) is 17.4 Å². The maximum Gasteiger partial charge on any atom is 3.00 e. The van der Waals surface area contributed by atoms with Crippen molar-refractivity contribution in [3.63, 3.8) is 0 Å². The fraction of sp³-hybridized carbons (Fsp3) is 0.500. The van der Waals surface area contributed by atoms with Crippen LogP contribution >= 0.6 is 0 Å². The van der Waals surface area contributed by atoms with Crippen LogP contribution in [0.1, 0.15) is 13.8 Å². The normalized spacial score (nSPS) is 2.00. The molecule has 0 unspecified atom stereocenters. The smallest absolute Gasteiger partial charge is 1.00 e. The van der Waals surface area contributed by atoms with E-state index in [1.54, 1.807) is 13.8 Å². The standard InChI is InChI=1S/2C2H5.Al.ClH/c2*1-2;;/h2*1H2,2H3;;1H/q2*-1;+3;/p-1. The van der Waals surface area contributed by atoms with Crippen LogP contribution < -0.4 is 12.4 Å². The van der Waals surface area contributed by atoms with Crippen molar-refractivity contribution in [1.82, 2.24) is 0 Å². The molecule has 0 atom stereocenters. The van der Waals surface area contributed by atoms with Crippen LogP contribution in [0.15, 0.2) is 0 Å². The van der Waals surface area contributed by atoms with Gasteiger partial charge in [0.1, 0.15) is 0 Å². The number of hydrogen-bond donors (Lipinski definition) is 0. The van der Waals surface area contributed by atoms with Gasteiger partial charge in [-0.3, -0.25) is 0 Å². The third-order valence-electron chi connectivity index (χ3n) is 0. The topological polar surface area (TPSA) is 0 Å². The number of rotatable bonds is 0. The quantitative estimate of drug-likeness (QED) is 0.264. The number of hydrogen-bond acceptors (Lipinski definition) is 0. The molecule has 0 N–H and O–H groups in total. The zero-order valence-electron chi connectivity index (χ0n) is 4.37. The van der Waals surface area contributed by atoms with Gasteiger partial charge in [-0.2, -0.15) is 13.8 Å². The molecule has 0 aromatic rings. The van der Waals surface area contributed by atoms with Crippen molar-refractivity contribution < 1.29 is 12.4 Å². The van der Waals surface area contributed by atoms with Crippen LogP contribution in [0.3, 0.4) is 0 Å². The summed E-state index contributed by atoms with van der Waals surface area (Å²) in [6.07, 6.45) is 0. The van der Waals surface area contributed by atoms with Crippen molar-refractivity contribution in [3.05, 3.63) is 13.8 Å². The summed E-state index contributed by atoms with van der Waals surface area (Å²) in [5.41, 5.74) is 0. The minimum atomic E-state index is 0. The van der Waals surface area contributed by atoms with E-state index in [0.717, 1.165) is 0 Å². The minimum Gasteiger partial charge on any atom is -1.00 e. The SMILES string of the molecule is [Al+3].[CH2-]C.[CH2-]C.[Cl-]. The van der Waals surface area contributed by atoms with Crippen molar-refractivity contribution in [2.45, 2.75) is 13.8 Å². The molecule has 0 aliphatic rings. The summed E-state index contributed by atoms with van der Waals surface area (Å²) in [4.78, 5) is 0. The van der Waals surface area contributed by atoms with Gasteiger partial charge in [-0.05, 0) is 0 Å². The molecule has 0 saturated carbocycles. The fourth-order valence-electron chi connectivity index (χ4n) is 0. The Hall–Kier alpha value is 0.822. The summed E-state index contributed by atoms with van der Waals surface area (Å²) in [6, 6.07) is 0. The van der Waals surface area contributed by atoms with Crippen LogP contribution in [0.4, 0.5) is 0 Å². The average Bonchev–Trinajstić information content (AvgIpc) is 1.50. The Morgan fingerprint density at radius 1 is 0.833 bits per heavy atom. The van der Waals surface area contributed by atoms with Crippen LogP contribution in [0.2, 0.25) is 0 Å². The van der Waals surface area contributed by atoms with Gasteiger partial charge in [0.25, 0.3) is 0 Å². The van der Waals surface area contributed by atoms with Gasteiger partial charge in [-0.1, -0.05) is 0 Å². The number of halogens is 1. The third kappa shape index (κ3) is 104. The first kappa shape index (κ1) is 29.0. The van der Waals surface area contributed by atoms with Crippen LogP contribution in [0.25, 0.3) is 0 Å². The van der Waals surface area contributed by atoms with E-state index in [2.05, 4.69) is 13.8 Å². The van der Waals surface area contributed by atoms with Gasteiger partial charge in [0, 0.05) is 0 Å². The minimum absolute atomic E-state index is 0. The molecule has 2 heteroatoms. The van der Waals surface area contributed by atoms with Gasteiger partial charge in [0.15, 0.2) is 0 Å². The van der Waals surface area contributed by atoms with Crippen molar-refractivity contribution in [2.75, 3.05) is 0 Å². The molecular weight excluding hydrogens is 110 g/mol. The van der Waals surface area contributed by atoms with Crippen molar-refractivity contribution in [3.8, 4) is 0 Å². The van der Waals surface area contributed by atoms with E-state index in [0.29, 0.717) is 0 Å². The van der Waals surface area contributed by atoms with Gasteiger partial charge in [-0.25, -0.2) is 0 Å². The molecule has 0 aromatic heterocycles. The molecule has 36 valence electrons. The predicted molar refractivity (Wildman–Crippen MR) is 27.8 cm³/mol. The van der Waals surface area contributed by atoms with Crippen LogP contribution in [-0.2, 0) is 0 Å². The van der Waals surface area contributed by atoms with E-state index < -0.39 is 0 Å². The summed E-state index contributed by atoms with van der Waals surface area (Å²) >= 11 is 0. The summed E-state index contributed by atoms with van der Waals surface area (Å²) in [5, 5.41) is 0. The maximum absolute atomic E-state index is 3.25. The zero-order valence-corrected chi connectivity index (χ0v) is 6.28. The summed E-state index contributed by atoms with van der Waals surface area (Å²) in [5.74, 6) is 0. The maximum atomic E-state index is 3.25. The summed E-state index contributed by atoms with van der Waals surface area (Å²) in [7, 11) is 0. The first-order chi connectivity index (χ1) is 2.00. The van der Waals surface area contributed by atoms with Crippen molar-refractivity contribution in [2.24, 2.45) is 0 Å². The third-order valence-corrected chi connectivity index (χ3v) is 0. The second-order valence-electron chi connectivity index (χ2n) is 0. The average molecular weight is 121 g/mol. The Balaban J connectivity index is -0.00000000500. The van der Waals surface area contributed by atoms with E-state index in [1.165, 1.54) is 0 Å². The van der Waals surface area contributed by atoms with Gasteiger partial charge >= 0.3 is 17.4 Å². The van der Waals surface area contributed by atoms with Gasteiger partial charge in [0.05, 0.1) is 0 Å². The second kappa shape index (κ2) is 200. The largest absolute Gasteiger partial charge is 3.00 e. The zero-order chi connectivity index (χ0) is 4.00. The van der Waals surface area contributed by atoms with Crippen LogP contribution in [0, 0.1) is 13.8 Å². The summed E-state index contributed by atoms with van der Waals surface area (Å²) < 4.78 is 0. The Morgan fingerprint density at radius 3 is 0.833 bits per heavy atom. The Labute approximate surface area is 57.9 Å². The molecule has 0 saturated heterocycles. The molecular formula is C4H10AlCl. The Kier molecular flexibility index (Phi) is 969. The fourth-order valence-corrected chi connectivity index (χ4v) is 0. The molecule has 0 amide bonds. The molecule has 0 heterocycles. The molecule has 0 fully saturated rings. The van der Waals surface area contributed by atoms with Crippen molar-refractivity contribution in [1.29, 1.82) is 0 Å². The van der Waals surface area contributed by atoms with E-state index in [1.807, 2.05) is 0 Å². The second-order valence-corrected chi connectivity index (χ2v) is 0. The predicted octanol–water partition coefficient (Wildman–Crippen LogP) is -1.70. The molecule has 0 aliphatic carbocycles. The van der Waals surface area contributed by atoms with E-state index >= 15 is 0 Å². The van der Waals surface area contributed by atoms with Crippen LogP contribution in [0.5, 0.6) is 0 Å². The Bertz CT molecular complexity index is 7.51. The first-order valence-electron chi connectivity index (χ1n) is 1.41. The molecule has 6 heavy (non-hydrogen) atoms. The van der Waals surface area contributed by atoms with E-state index in [4.69, 9.17) is 0 Å². The molecule has 0 rings (SSSR count). The van der Waals surface area contributed by atoms with E-state index in [9.17, 15) is 0 Å². The van der Waals surface area contributed by atoms with E-state index in [-0.39, 0.29) is 29.8 Å². The van der Waals surface area contributed by atoms with Gasteiger partial charge < -0.3 is 26.3 Å². The summed E-state index contributed by atoms with van der Waals surface area (Å²) in [6.45, 7) is 10.0. The molecule has 0 spiro atoms. The molecule has 0 nitrogen and oxygen atoms in total. The van der Waals surface area contributed by atoms with Gasteiger partial charge in [-0.15, -0.1) is 0 Å². The molecule has 0 aromatic carbocycles. The molecule has 0 bridgehead atoms. The monoisotopic (exact) mass is 120 g/mol. The van der Waals surface area contributed by atoms with Gasteiger partial charge in [0.2, 0.25) is 0 Å². The molecule has 0 radical (unpaired) electrons. The Morgan fingerprint density at radius 2 is 0.833 bits per heavy atom.